The van der Waals surface area contributed by atoms with Crippen molar-refractivity contribution in [2.24, 2.45) is 0 Å². The molecule has 1 atom stereocenters. The summed E-state index contributed by atoms with van der Waals surface area (Å²) in [5, 5.41) is 3.22. The number of anilines is 1. The Morgan fingerprint density at radius 2 is 1.74 bits per heavy atom. The first-order chi connectivity index (χ1) is 12.6. The van der Waals surface area contributed by atoms with Crippen molar-refractivity contribution in [3.8, 4) is 5.75 Å². The topological polar surface area (TPSA) is 75.7 Å². The molecule has 2 aromatic rings. The van der Waals surface area contributed by atoms with Crippen LogP contribution < -0.4 is 10.1 Å². The highest BCUT2D eigenvalue weighted by Crippen LogP contribution is 2.21. The van der Waals surface area contributed by atoms with E-state index < -0.39 is 16.1 Å². The van der Waals surface area contributed by atoms with Gasteiger partial charge in [0.25, 0.3) is 5.91 Å². The molecule has 0 heterocycles. The quantitative estimate of drug-likeness (QED) is 0.753. The van der Waals surface area contributed by atoms with Crippen LogP contribution in [0.5, 0.6) is 5.75 Å². The molecular weight excluding hydrogens is 388 g/mol. The first kappa shape index (κ1) is 21.2. The Hall–Kier alpha value is -2.09. The summed E-state index contributed by atoms with van der Waals surface area (Å²) in [7, 11) is -2.03. The standard InChI is InChI=1S/C19H23ClN2O4S/c1-13(2)22(4)27(24,25)18-10-8-16(9-11-18)21-19(23)14(3)26-17-7-5-6-15(20)12-17/h5-14H,1-4H3,(H,21,23). The van der Waals surface area contributed by atoms with E-state index in [2.05, 4.69) is 5.32 Å². The first-order valence-corrected chi connectivity index (χ1v) is 10.2. The highest BCUT2D eigenvalue weighted by Gasteiger charge is 2.23. The lowest BCUT2D eigenvalue weighted by Crippen LogP contribution is -2.33. The van der Waals surface area contributed by atoms with Gasteiger partial charge in [0, 0.05) is 23.8 Å². The second-order valence-electron chi connectivity index (χ2n) is 6.35. The molecule has 0 spiro atoms. The second kappa shape index (κ2) is 8.73. The van der Waals surface area contributed by atoms with Gasteiger partial charge in [0.1, 0.15) is 5.75 Å². The van der Waals surface area contributed by atoms with E-state index in [1.165, 1.54) is 23.5 Å². The number of rotatable bonds is 7. The van der Waals surface area contributed by atoms with Crippen molar-refractivity contribution < 1.29 is 17.9 Å². The summed E-state index contributed by atoms with van der Waals surface area (Å²) in [5.74, 6) is 0.133. The minimum atomic E-state index is -3.56. The van der Waals surface area contributed by atoms with Gasteiger partial charge >= 0.3 is 0 Å². The molecule has 0 saturated carbocycles. The van der Waals surface area contributed by atoms with Crippen molar-refractivity contribution in [1.82, 2.24) is 4.31 Å². The third kappa shape index (κ3) is 5.45. The number of carbonyl (C=O) groups excluding carboxylic acids is 1. The molecular formula is C19H23ClN2O4S. The van der Waals surface area contributed by atoms with E-state index in [0.717, 1.165) is 0 Å². The van der Waals surface area contributed by atoms with E-state index >= 15 is 0 Å². The normalized spacial score (nSPS) is 12.9. The van der Waals surface area contributed by atoms with Gasteiger partial charge < -0.3 is 10.1 Å². The highest BCUT2D eigenvalue weighted by atomic mass is 35.5. The van der Waals surface area contributed by atoms with Crippen LogP contribution in [-0.4, -0.2) is 37.8 Å². The Morgan fingerprint density at radius 3 is 2.30 bits per heavy atom. The van der Waals surface area contributed by atoms with Crippen LogP contribution in [0.3, 0.4) is 0 Å². The minimum absolute atomic E-state index is 0.154. The number of amides is 1. The van der Waals surface area contributed by atoms with Crippen LogP contribution in [0.4, 0.5) is 5.69 Å². The van der Waals surface area contributed by atoms with E-state index in [0.29, 0.717) is 16.5 Å². The molecule has 2 rings (SSSR count). The fourth-order valence-corrected chi connectivity index (χ4v) is 3.74. The van der Waals surface area contributed by atoms with Crippen LogP contribution in [0.2, 0.25) is 5.02 Å². The van der Waals surface area contributed by atoms with Crippen molar-refractivity contribution in [2.45, 2.75) is 37.8 Å². The minimum Gasteiger partial charge on any atom is -0.481 e. The number of carbonyl (C=O) groups is 1. The van der Waals surface area contributed by atoms with Gasteiger partial charge in [-0.3, -0.25) is 4.79 Å². The lowest BCUT2D eigenvalue weighted by molar-refractivity contribution is -0.122. The van der Waals surface area contributed by atoms with E-state index in [9.17, 15) is 13.2 Å². The number of ether oxygens (including phenoxy) is 1. The largest absolute Gasteiger partial charge is 0.481 e. The number of benzene rings is 2. The number of sulfonamides is 1. The van der Waals surface area contributed by atoms with Crippen molar-refractivity contribution in [2.75, 3.05) is 12.4 Å². The molecule has 0 fully saturated rings. The summed E-state index contributed by atoms with van der Waals surface area (Å²) in [4.78, 5) is 12.5. The zero-order chi connectivity index (χ0) is 20.2. The van der Waals surface area contributed by atoms with E-state index in [-0.39, 0.29) is 16.8 Å². The molecule has 1 amide bonds. The van der Waals surface area contributed by atoms with Crippen molar-refractivity contribution in [3.05, 3.63) is 53.6 Å². The fourth-order valence-electron chi connectivity index (χ4n) is 2.20. The molecule has 146 valence electrons. The Balaban J connectivity index is 2.04. The van der Waals surface area contributed by atoms with Crippen molar-refractivity contribution in [3.63, 3.8) is 0 Å². The van der Waals surface area contributed by atoms with Crippen LogP contribution in [0.15, 0.2) is 53.4 Å². The average Bonchev–Trinajstić information content (AvgIpc) is 2.61. The molecule has 8 heteroatoms. The van der Waals surface area contributed by atoms with Crippen LogP contribution >= 0.6 is 11.6 Å². The summed E-state index contributed by atoms with van der Waals surface area (Å²) in [6.07, 6.45) is -0.751. The third-order valence-corrected chi connectivity index (χ3v) is 6.29. The lowest BCUT2D eigenvalue weighted by atomic mass is 10.3. The molecule has 0 aromatic heterocycles. The molecule has 0 radical (unpaired) electrons. The number of nitrogens with one attached hydrogen (secondary N) is 1. The lowest BCUT2D eigenvalue weighted by Gasteiger charge is -2.21. The zero-order valence-electron chi connectivity index (χ0n) is 15.6. The van der Waals surface area contributed by atoms with Gasteiger partial charge in [0.05, 0.1) is 4.90 Å². The maximum atomic E-state index is 12.5. The van der Waals surface area contributed by atoms with Gasteiger partial charge in [0.15, 0.2) is 6.10 Å². The van der Waals surface area contributed by atoms with Gasteiger partial charge in [-0.15, -0.1) is 0 Å². The van der Waals surface area contributed by atoms with Crippen LogP contribution in [0, 0.1) is 0 Å². The van der Waals surface area contributed by atoms with Crippen LogP contribution in [-0.2, 0) is 14.8 Å². The summed E-state index contributed by atoms with van der Waals surface area (Å²) < 4.78 is 31.8. The highest BCUT2D eigenvalue weighted by molar-refractivity contribution is 7.89. The maximum absolute atomic E-state index is 12.5. The third-order valence-electron chi connectivity index (χ3n) is 4.00. The van der Waals surface area contributed by atoms with Gasteiger partial charge in [-0.1, -0.05) is 17.7 Å². The average molecular weight is 411 g/mol. The van der Waals surface area contributed by atoms with E-state index in [1.807, 2.05) is 0 Å². The molecule has 0 aliphatic carbocycles. The molecule has 0 saturated heterocycles. The molecule has 27 heavy (non-hydrogen) atoms. The summed E-state index contributed by atoms with van der Waals surface area (Å²) >= 11 is 5.90. The monoisotopic (exact) mass is 410 g/mol. The Kier molecular flexibility index (Phi) is 6.86. The number of hydrogen-bond donors (Lipinski definition) is 1. The smallest absolute Gasteiger partial charge is 0.265 e. The van der Waals surface area contributed by atoms with E-state index in [4.69, 9.17) is 16.3 Å². The fraction of sp³-hybridized carbons (Fsp3) is 0.316. The molecule has 0 aliphatic heterocycles. The van der Waals surface area contributed by atoms with Crippen LogP contribution in [0.25, 0.3) is 0 Å². The van der Waals surface area contributed by atoms with Gasteiger partial charge in [-0.25, -0.2) is 8.42 Å². The van der Waals surface area contributed by atoms with Gasteiger partial charge in [-0.2, -0.15) is 4.31 Å². The van der Waals surface area contributed by atoms with Crippen molar-refractivity contribution in [1.29, 1.82) is 0 Å². The SMILES string of the molecule is CC(Oc1cccc(Cl)c1)C(=O)Nc1ccc(S(=O)(=O)N(C)C(C)C)cc1. The molecule has 0 bridgehead atoms. The second-order valence-corrected chi connectivity index (χ2v) is 8.78. The first-order valence-electron chi connectivity index (χ1n) is 8.42. The zero-order valence-corrected chi connectivity index (χ0v) is 17.2. The Bertz CT molecular complexity index is 898. The number of halogens is 1. The molecule has 2 aromatic carbocycles. The summed E-state index contributed by atoms with van der Waals surface area (Å²) in [6, 6.07) is 12.6. The Labute approximate surface area is 165 Å². The molecule has 1 unspecified atom stereocenters. The number of nitrogens with zero attached hydrogens (tertiary/aromatic N) is 1. The molecule has 1 N–H and O–H groups in total. The summed E-state index contributed by atoms with van der Waals surface area (Å²) in [6.45, 7) is 5.22. The maximum Gasteiger partial charge on any atom is 0.265 e. The van der Waals surface area contributed by atoms with Crippen LogP contribution in [0.1, 0.15) is 20.8 Å². The van der Waals surface area contributed by atoms with Crippen molar-refractivity contribution >= 4 is 33.2 Å². The van der Waals surface area contributed by atoms with E-state index in [1.54, 1.807) is 57.2 Å². The van der Waals surface area contributed by atoms with Gasteiger partial charge in [0.2, 0.25) is 10.0 Å². The van der Waals surface area contributed by atoms with Gasteiger partial charge in [-0.05, 0) is 63.2 Å². The number of hydrogen-bond acceptors (Lipinski definition) is 4. The predicted octanol–water partition coefficient (Wildman–Crippen LogP) is 3.77. The predicted molar refractivity (Wildman–Crippen MR) is 107 cm³/mol. The molecule has 6 nitrogen and oxygen atoms in total. The summed E-state index contributed by atoms with van der Waals surface area (Å²) in [5.41, 5.74) is 0.479. The Morgan fingerprint density at radius 1 is 1.11 bits per heavy atom. The molecule has 0 aliphatic rings.